The van der Waals surface area contributed by atoms with E-state index in [9.17, 15) is 19.2 Å². The summed E-state index contributed by atoms with van der Waals surface area (Å²) < 4.78 is 0. The van der Waals surface area contributed by atoms with Gasteiger partial charge in [-0.25, -0.2) is 0 Å². The van der Waals surface area contributed by atoms with Gasteiger partial charge in [-0.3, -0.25) is 29.4 Å². The van der Waals surface area contributed by atoms with Crippen LogP contribution in [0.2, 0.25) is 0 Å². The number of hydrogen-bond donors (Lipinski definition) is 3. The molecule has 8 heteroatoms. The van der Waals surface area contributed by atoms with Crippen LogP contribution in [-0.4, -0.2) is 41.1 Å². The van der Waals surface area contributed by atoms with E-state index in [1.807, 2.05) is 12.1 Å². The minimum absolute atomic E-state index is 0.101. The molecule has 3 aliphatic rings. The van der Waals surface area contributed by atoms with Gasteiger partial charge in [-0.05, 0) is 61.2 Å². The molecule has 1 saturated heterocycles. The van der Waals surface area contributed by atoms with Gasteiger partial charge in [-0.1, -0.05) is 0 Å². The molecule has 1 unspecified atom stereocenters. The van der Waals surface area contributed by atoms with Crippen molar-refractivity contribution in [2.75, 3.05) is 17.2 Å². The summed E-state index contributed by atoms with van der Waals surface area (Å²) in [5.41, 5.74) is 4.49. The first-order valence-corrected chi connectivity index (χ1v) is 10.0. The number of amides is 4. The number of benzene rings is 2. The van der Waals surface area contributed by atoms with Gasteiger partial charge in [0.05, 0.1) is 11.1 Å². The third kappa shape index (κ3) is 3.01. The van der Waals surface area contributed by atoms with E-state index in [0.717, 1.165) is 35.7 Å². The molecule has 152 valence electrons. The fourth-order valence-electron chi connectivity index (χ4n) is 4.27. The van der Waals surface area contributed by atoms with Crippen LogP contribution in [0.5, 0.6) is 0 Å². The Morgan fingerprint density at radius 2 is 1.67 bits per heavy atom. The summed E-state index contributed by atoms with van der Waals surface area (Å²) in [6.45, 7) is 0.977. The molecular formula is C22H20N4O4. The molecule has 0 aromatic heterocycles. The van der Waals surface area contributed by atoms with Crippen LogP contribution >= 0.6 is 0 Å². The third-order valence-electron chi connectivity index (χ3n) is 5.77. The van der Waals surface area contributed by atoms with E-state index < -0.39 is 23.8 Å². The van der Waals surface area contributed by atoms with Crippen LogP contribution in [0.15, 0.2) is 36.4 Å². The number of nitrogens with zero attached hydrogens (tertiary/aromatic N) is 1. The Bertz CT molecular complexity index is 1110. The Kier molecular flexibility index (Phi) is 4.27. The SMILES string of the molecule is O=C1CCC(N2C(=O)c3ccc(Nc4ccc5c(c4)CCCN5)cc3C2=O)C(=O)N1. The minimum Gasteiger partial charge on any atom is -0.385 e. The second-order valence-electron chi connectivity index (χ2n) is 7.73. The standard InChI is InChI=1S/C22H20N4O4/c27-19-8-7-18(20(28)25-19)26-21(29)15-5-3-14(11-16(15)22(26)30)24-13-4-6-17-12(10-13)2-1-9-23-17/h3-6,10-11,18,23-24H,1-2,7-9H2,(H,25,27,28). The van der Waals surface area contributed by atoms with Gasteiger partial charge in [0.25, 0.3) is 11.8 Å². The van der Waals surface area contributed by atoms with E-state index >= 15 is 0 Å². The largest absolute Gasteiger partial charge is 0.385 e. The summed E-state index contributed by atoms with van der Waals surface area (Å²) >= 11 is 0. The maximum absolute atomic E-state index is 12.9. The first-order chi connectivity index (χ1) is 14.5. The highest BCUT2D eigenvalue weighted by molar-refractivity contribution is 6.23. The molecule has 2 aromatic rings. The normalized spacial score (nSPS) is 20.4. The van der Waals surface area contributed by atoms with Gasteiger partial charge in [-0.2, -0.15) is 0 Å². The van der Waals surface area contributed by atoms with Crippen LogP contribution in [-0.2, 0) is 16.0 Å². The Morgan fingerprint density at radius 3 is 2.50 bits per heavy atom. The molecule has 30 heavy (non-hydrogen) atoms. The average Bonchev–Trinajstić information content (AvgIpc) is 2.98. The van der Waals surface area contributed by atoms with E-state index in [2.05, 4.69) is 22.0 Å². The second kappa shape index (κ2) is 6.98. The first kappa shape index (κ1) is 18.4. The molecule has 1 fully saturated rings. The summed E-state index contributed by atoms with van der Waals surface area (Å²) in [4.78, 5) is 50.2. The van der Waals surface area contributed by atoms with Crippen LogP contribution in [0.25, 0.3) is 0 Å². The lowest BCUT2D eigenvalue weighted by atomic mass is 10.0. The van der Waals surface area contributed by atoms with E-state index in [4.69, 9.17) is 0 Å². The highest BCUT2D eigenvalue weighted by Gasteiger charge is 2.44. The number of fused-ring (bicyclic) bond motifs is 2. The molecule has 3 aliphatic heterocycles. The number of piperidine rings is 1. The molecule has 0 spiro atoms. The van der Waals surface area contributed by atoms with E-state index in [-0.39, 0.29) is 29.9 Å². The van der Waals surface area contributed by atoms with E-state index in [1.165, 1.54) is 5.56 Å². The average molecular weight is 404 g/mol. The van der Waals surface area contributed by atoms with Crippen LogP contribution < -0.4 is 16.0 Å². The van der Waals surface area contributed by atoms with Gasteiger partial charge in [0.2, 0.25) is 11.8 Å². The van der Waals surface area contributed by atoms with Crippen molar-refractivity contribution in [2.24, 2.45) is 0 Å². The Labute approximate surface area is 172 Å². The molecule has 3 N–H and O–H groups in total. The van der Waals surface area contributed by atoms with Gasteiger partial charge < -0.3 is 10.6 Å². The van der Waals surface area contributed by atoms with Gasteiger partial charge in [-0.15, -0.1) is 0 Å². The molecule has 0 radical (unpaired) electrons. The summed E-state index contributed by atoms with van der Waals surface area (Å²) in [6.07, 6.45) is 2.34. The van der Waals surface area contributed by atoms with Crippen molar-refractivity contribution in [1.82, 2.24) is 10.2 Å². The highest BCUT2D eigenvalue weighted by atomic mass is 16.2. The molecule has 5 rings (SSSR count). The Balaban J connectivity index is 1.40. The molecule has 2 aromatic carbocycles. The van der Waals surface area contributed by atoms with Crippen molar-refractivity contribution in [2.45, 2.75) is 31.7 Å². The molecule has 3 heterocycles. The van der Waals surface area contributed by atoms with Crippen molar-refractivity contribution < 1.29 is 19.2 Å². The molecular weight excluding hydrogens is 384 g/mol. The fourth-order valence-corrected chi connectivity index (χ4v) is 4.27. The van der Waals surface area contributed by atoms with Crippen LogP contribution in [0.4, 0.5) is 17.1 Å². The smallest absolute Gasteiger partial charge is 0.262 e. The van der Waals surface area contributed by atoms with Crippen LogP contribution in [0.3, 0.4) is 0 Å². The summed E-state index contributed by atoms with van der Waals surface area (Å²) in [7, 11) is 0. The zero-order chi connectivity index (χ0) is 20.8. The Hall–Kier alpha value is -3.68. The quantitative estimate of drug-likeness (QED) is 0.677. The van der Waals surface area contributed by atoms with Gasteiger partial charge in [0, 0.05) is 30.0 Å². The number of rotatable bonds is 3. The summed E-state index contributed by atoms with van der Waals surface area (Å²) in [6, 6.07) is 10.1. The lowest BCUT2D eigenvalue weighted by Gasteiger charge is -2.27. The monoisotopic (exact) mass is 404 g/mol. The van der Waals surface area contributed by atoms with Gasteiger partial charge in [0.15, 0.2) is 0 Å². The first-order valence-electron chi connectivity index (χ1n) is 10.0. The maximum Gasteiger partial charge on any atom is 0.262 e. The number of imide groups is 2. The lowest BCUT2D eigenvalue weighted by molar-refractivity contribution is -0.136. The van der Waals surface area contributed by atoms with E-state index in [0.29, 0.717) is 5.69 Å². The molecule has 0 bridgehead atoms. The summed E-state index contributed by atoms with van der Waals surface area (Å²) in [5.74, 6) is -2.01. The molecule has 0 aliphatic carbocycles. The van der Waals surface area contributed by atoms with Gasteiger partial charge >= 0.3 is 0 Å². The van der Waals surface area contributed by atoms with Gasteiger partial charge in [0.1, 0.15) is 6.04 Å². The predicted molar refractivity (Wildman–Crippen MR) is 110 cm³/mol. The fraction of sp³-hybridized carbons (Fsp3) is 0.273. The topological polar surface area (TPSA) is 108 Å². The highest BCUT2D eigenvalue weighted by Crippen LogP contribution is 2.31. The van der Waals surface area contributed by atoms with Crippen molar-refractivity contribution in [3.05, 3.63) is 53.1 Å². The third-order valence-corrected chi connectivity index (χ3v) is 5.77. The molecule has 8 nitrogen and oxygen atoms in total. The Morgan fingerprint density at radius 1 is 0.900 bits per heavy atom. The minimum atomic E-state index is -0.959. The van der Waals surface area contributed by atoms with Crippen molar-refractivity contribution in [1.29, 1.82) is 0 Å². The van der Waals surface area contributed by atoms with Crippen molar-refractivity contribution >= 4 is 40.7 Å². The molecule has 4 amide bonds. The number of anilines is 3. The number of carbonyl (C=O) groups is 4. The zero-order valence-corrected chi connectivity index (χ0v) is 16.2. The number of nitrogens with one attached hydrogen (secondary N) is 3. The van der Waals surface area contributed by atoms with E-state index in [1.54, 1.807) is 18.2 Å². The zero-order valence-electron chi connectivity index (χ0n) is 16.2. The number of hydrogen-bond acceptors (Lipinski definition) is 6. The number of carbonyl (C=O) groups excluding carboxylic acids is 4. The molecule has 1 atom stereocenters. The van der Waals surface area contributed by atoms with Crippen LogP contribution in [0.1, 0.15) is 45.5 Å². The lowest BCUT2D eigenvalue weighted by Crippen LogP contribution is -2.54. The maximum atomic E-state index is 12.9. The second-order valence-corrected chi connectivity index (χ2v) is 7.73. The number of aryl methyl sites for hydroxylation is 1. The predicted octanol–water partition coefficient (Wildman–Crippen LogP) is 2.19. The van der Waals surface area contributed by atoms with Crippen molar-refractivity contribution in [3.63, 3.8) is 0 Å². The van der Waals surface area contributed by atoms with Crippen molar-refractivity contribution in [3.8, 4) is 0 Å². The van der Waals surface area contributed by atoms with Crippen LogP contribution in [0, 0.1) is 0 Å². The summed E-state index contributed by atoms with van der Waals surface area (Å²) in [5, 5.41) is 8.87. The molecule has 0 saturated carbocycles.